The van der Waals surface area contributed by atoms with Crippen LogP contribution in [0.5, 0.6) is 0 Å². The lowest BCUT2D eigenvalue weighted by molar-refractivity contribution is -0.968. The highest BCUT2D eigenvalue weighted by atomic mass is 16.4. The van der Waals surface area contributed by atoms with E-state index in [-0.39, 0.29) is 6.54 Å². The predicted molar refractivity (Wildman–Crippen MR) is 104 cm³/mol. The first kappa shape index (κ1) is 25.1. The molecule has 0 spiro atoms. The monoisotopic (exact) mass is 386 g/mol. The van der Waals surface area contributed by atoms with E-state index in [1.807, 2.05) is 0 Å². The van der Waals surface area contributed by atoms with Gasteiger partial charge < -0.3 is 15.3 Å². The third kappa shape index (κ3) is 7.33. The van der Waals surface area contributed by atoms with Crippen LogP contribution in [0.2, 0.25) is 0 Å². The van der Waals surface area contributed by atoms with Gasteiger partial charge in [-0.15, -0.1) is 0 Å². The number of quaternary nitrogens is 1. The van der Waals surface area contributed by atoms with Crippen molar-refractivity contribution in [3.05, 3.63) is 12.2 Å². The van der Waals surface area contributed by atoms with Gasteiger partial charge in [-0.1, -0.05) is 31.9 Å². The number of unbranched alkanes of at least 4 members (excludes halogenated alkanes) is 5. The maximum absolute atomic E-state index is 11.6. The molecule has 3 atom stereocenters. The molecule has 0 radical (unpaired) electrons. The van der Waals surface area contributed by atoms with Gasteiger partial charge in [-0.25, -0.2) is 14.4 Å². The van der Waals surface area contributed by atoms with E-state index in [1.54, 1.807) is 0 Å². The van der Waals surface area contributed by atoms with Crippen LogP contribution in [-0.2, 0) is 14.4 Å². The molecular formula is C20H36NO6+. The first-order valence-corrected chi connectivity index (χ1v) is 9.83. The molecule has 27 heavy (non-hydrogen) atoms. The highest BCUT2D eigenvalue weighted by Gasteiger charge is 2.52. The fraction of sp³-hybridized carbons (Fsp3) is 0.750. The molecular weight excluding hydrogens is 350 g/mol. The van der Waals surface area contributed by atoms with Gasteiger partial charge >= 0.3 is 17.9 Å². The van der Waals surface area contributed by atoms with E-state index in [9.17, 15) is 29.7 Å². The SMILES string of the molecule is CCCC/C=C/CCCCC[N+](C(C)C(=O)O)(C(C)C(=O)O)C(C)C(=O)O. The van der Waals surface area contributed by atoms with Crippen LogP contribution in [0.4, 0.5) is 0 Å². The molecule has 0 aliphatic rings. The summed E-state index contributed by atoms with van der Waals surface area (Å²) in [4.78, 5) is 34.9. The minimum atomic E-state index is -1.19. The van der Waals surface area contributed by atoms with Gasteiger partial charge in [-0.2, -0.15) is 0 Å². The Hall–Kier alpha value is -1.89. The highest BCUT2D eigenvalue weighted by molar-refractivity contribution is 5.77. The first-order valence-electron chi connectivity index (χ1n) is 9.83. The fourth-order valence-corrected chi connectivity index (χ4v) is 3.59. The second-order valence-electron chi connectivity index (χ2n) is 7.22. The third-order valence-corrected chi connectivity index (χ3v) is 5.54. The summed E-state index contributed by atoms with van der Waals surface area (Å²) in [7, 11) is 0. The van der Waals surface area contributed by atoms with Gasteiger partial charge in [0.15, 0.2) is 18.1 Å². The molecule has 7 heteroatoms. The number of carboxylic acids is 3. The number of aliphatic carboxylic acids is 3. The summed E-state index contributed by atoms with van der Waals surface area (Å²) < 4.78 is -0.494. The summed E-state index contributed by atoms with van der Waals surface area (Å²) in [5, 5.41) is 28.5. The van der Waals surface area contributed by atoms with E-state index < -0.39 is 40.5 Å². The van der Waals surface area contributed by atoms with Crippen molar-refractivity contribution >= 4 is 17.9 Å². The highest BCUT2D eigenvalue weighted by Crippen LogP contribution is 2.27. The third-order valence-electron chi connectivity index (χ3n) is 5.54. The maximum Gasteiger partial charge on any atom is 0.362 e. The molecule has 7 nitrogen and oxygen atoms in total. The van der Waals surface area contributed by atoms with Crippen LogP contribution in [-0.4, -0.2) is 62.4 Å². The summed E-state index contributed by atoms with van der Waals surface area (Å²) >= 11 is 0. The van der Waals surface area contributed by atoms with Crippen molar-refractivity contribution in [1.82, 2.24) is 0 Å². The van der Waals surface area contributed by atoms with Crippen molar-refractivity contribution in [2.75, 3.05) is 6.54 Å². The van der Waals surface area contributed by atoms with E-state index in [0.29, 0.717) is 6.42 Å². The van der Waals surface area contributed by atoms with Gasteiger partial charge in [0.25, 0.3) is 0 Å². The normalized spacial score (nSPS) is 17.2. The fourth-order valence-electron chi connectivity index (χ4n) is 3.59. The molecule has 0 heterocycles. The average molecular weight is 387 g/mol. The second-order valence-corrected chi connectivity index (χ2v) is 7.22. The molecule has 3 N–H and O–H groups in total. The Morgan fingerprint density at radius 2 is 1.15 bits per heavy atom. The van der Waals surface area contributed by atoms with Crippen molar-refractivity contribution in [3.8, 4) is 0 Å². The lowest BCUT2D eigenvalue weighted by Crippen LogP contribution is -2.70. The molecule has 156 valence electrons. The van der Waals surface area contributed by atoms with Crippen LogP contribution in [0.3, 0.4) is 0 Å². The number of carbonyl (C=O) groups is 3. The van der Waals surface area contributed by atoms with Gasteiger partial charge in [-0.3, -0.25) is 4.48 Å². The van der Waals surface area contributed by atoms with Crippen molar-refractivity contribution in [1.29, 1.82) is 0 Å². The molecule has 0 aliphatic carbocycles. The number of hydrogen-bond acceptors (Lipinski definition) is 3. The lowest BCUT2D eigenvalue weighted by atomic mass is 10.00. The van der Waals surface area contributed by atoms with Crippen LogP contribution >= 0.6 is 0 Å². The average Bonchev–Trinajstić information content (AvgIpc) is 2.61. The molecule has 0 fully saturated rings. The van der Waals surface area contributed by atoms with Crippen molar-refractivity contribution in [2.24, 2.45) is 0 Å². The quantitative estimate of drug-likeness (QED) is 0.225. The van der Waals surface area contributed by atoms with Crippen molar-refractivity contribution in [3.63, 3.8) is 0 Å². The Bertz CT molecular complexity index is 466. The molecule has 0 rings (SSSR count). The van der Waals surface area contributed by atoms with Crippen molar-refractivity contribution < 1.29 is 34.2 Å². The predicted octanol–water partition coefficient (Wildman–Crippen LogP) is 3.53. The summed E-state index contributed by atoms with van der Waals surface area (Å²) in [5.74, 6) is -3.56. The Balaban J connectivity index is 5.14. The van der Waals surface area contributed by atoms with Crippen molar-refractivity contribution in [2.45, 2.75) is 90.8 Å². The zero-order valence-electron chi connectivity index (χ0n) is 17.1. The molecule has 0 amide bonds. The number of carboxylic acid groups (broad SMARTS) is 3. The number of rotatable bonds is 15. The molecule has 0 saturated carbocycles. The van der Waals surface area contributed by atoms with Crippen LogP contribution in [0.1, 0.15) is 72.6 Å². The van der Waals surface area contributed by atoms with Gasteiger partial charge in [-0.05, 0) is 52.9 Å². The second kappa shape index (κ2) is 12.5. The zero-order chi connectivity index (χ0) is 21.0. The maximum atomic E-state index is 11.6. The Labute approximate surface area is 162 Å². The smallest absolute Gasteiger partial charge is 0.362 e. The lowest BCUT2D eigenvalue weighted by Gasteiger charge is -2.47. The molecule has 0 saturated heterocycles. The largest absolute Gasteiger partial charge is 0.477 e. The summed E-state index contributed by atoms with van der Waals surface area (Å²) in [6.45, 7) is 6.55. The van der Waals surface area contributed by atoms with E-state index >= 15 is 0 Å². The van der Waals surface area contributed by atoms with Crippen LogP contribution in [0.15, 0.2) is 12.2 Å². The molecule has 0 aromatic rings. The van der Waals surface area contributed by atoms with E-state index in [1.165, 1.54) is 27.2 Å². The van der Waals surface area contributed by atoms with Gasteiger partial charge in [0, 0.05) is 0 Å². The molecule has 0 aromatic heterocycles. The Morgan fingerprint density at radius 1 is 0.741 bits per heavy atom. The van der Waals surface area contributed by atoms with E-state index in [0.717, 1.165) is 32.1 Å². The minimum absolute atomic E-state index is 0.202. The van der Waals surface area contributed by atoms with Crippen LogP contribution in [0, 0.1) is 0 Å². The molecule has 0 aromatic carbocycles. The Morgan fingerprint density at radius 3 is 1.52 bits per heavy atom. The van der Waals surface area contributed by atoms with E-state index in [4.69, 9.17) is 0 Å². The molecule has 0 bridgehead atoms. The van der Waals surface area contributed by atoms with Crippen LogP contribution < -0.4 is 0 Å². The number of nitrogens with zero attached hydrogens (tertiary/aromatic N) is 1. The topological polar surface area (TPSA) is 112 Å². The minimum Gasteiger partial charge on any atom is -0.477 e. The summed E-state index contributed by atoms with van der Waals surface area (Å²) in [5.41, 5.74) is 0. The van der Waals surface area contributed by atoms with E-state index in [2.05, 4.69) is 19.1 Å². The zero-order valence-corrected chi connectivity index (χ0v) is 17.1. The van der Waals surface area contributed by atoms with Crippen LogP contribution in [0.25, 0.3) is 0 Å². The first-order chi connectivity index (χ1) is 12.6. The summed E-state index contributed by atoms with van der Waals surface area (Å²) in [6, 6.07) is -3.39. The van der Waals surface area contributed by atoms with Gasteiger partial charge in [0.1, 0.15) is 0 Å². The van der Waals surface area contributed by atoms with Gasteiger partial charge in [0.05, 0.1) is 6.54 Å². The molecule has 0 aliphatic heterocycles. The summed E-state index contributed by atoms with van der Waals surface area (Å²) in [6.07, 6.45) is 10.9. The molecule has 3 unspecified atom stereocenters. The number of allylic oxidation sites excluding steroid dienone is 2. The number of hydrogen-bond donors (Lipinski definition) is 3. The Kier molecular flexibility index (Phi) is 11.6. The van der Waals surface area contributed by atoms with Gasteiger partial charge in [0.2, 0.25) is 0 Å². The standard InChI is InChI=1S/C20H35NO6/c1-5-6-7-8-9-10-11-12-13-14-21(15(2)18(22)23,16(3)19(24)25)17(4)20(26)27/h8-9,15-17H,5-7,10-14H2,1-4H3,(H2-,22,23,24,25,26,27)/p+1/b9-8+.